The molecular formula is C20H19ClF2N2. The van der Waals surface area contributed by atoms with Gasteiger partial charge in [-0.1, -0.05) is 12.1 Å². The monoisotopic (exact) mass is 360 g/mol. The fourth-order valence-corrected chi connectivity index (χ4v) is 3.40. The molecule has 2 aromatic carbocycles. The zero-order valence-corrected chi connectivity index (χ0v) is 14.7. The number of aromatic nitrogens is 1. The molecular weight excluding hydrogens is 342 g/mol. The first-order valence-electron chi connectivity index (χ1n) is 8.05. The predicted octanol–water partition coefficient (Wildman–Crippen LogP) is 4.96. The van der Waals surface area contributed by atoms with Crippen molar-refractivity contribution in [2.75, 3.05) is 13.6 Å². The molecule has 0 N–H and O–H groups in total. The Bertz CT molecular complexity index is 929. The van der Waals surface area contributed by atoms with Crippen molar-refractivity contribution in [3.8, 4) is 0 Å². The second kappa shape index (κ2) is 6.98. The maximum Gasteiger partial charge on any atom is 0.123 e. The molecule has 4 rings (SSSR count). The van der Waals surface area contributed by atoms with Gasteiger partial charge in [0, 0.05) is 36.8 Å². The van der Waals surface area contributed by atoms with Gasteiger partial charge < -0.3 is 9.47 Å². The quantitative estimate of drug-likeness (QED) is 0.627. The molecule has 2 heterocycles. The highest BCUT2D eigenvalue weighted by molar-refractivity contribution is 5.88. The van der Waals surface area contributed by atoms with Gasteiger partial charge in [0.2, 0.25) is 0 Å². The highest BCUT2D eigenvalue weighted by Crippen LogP contribution is 2.31. The number of fused-ring (bicyclic) bond motifs is 3. The lowest BCUT2D eigenvalue weighted by atomic mass is 10.1. The SMILES string of the molecule is CN1CCc2c(c3cc(F)ccc3n2/C=C/c2ccc(F)cc2)C1.Cl. The van der Waals surface area contributed by atoms with Crippen LogP contribution in [0.3, 0.4) is 0 Å². The number of benzene rings is 2. The van der Waals surface area contributed by atoms with Crippen LogP contribution in [0.25, 0.3) is 23.2 Å². The molecule has 0 amide bonds. The lowest BCUT2D eigenvalue weighted by Crippen LogP contribution is -2.26. The van der Waals surface area contributed by atoms with Crippen molar-refractivity contribution in [2.45, 2.75) is 13.0 Å². The molecule has 3 aromatic rings. The Balaban J connectivity index is 0.00000182. The van der Waals surface area contributed by atoms with Crippen LogP contribution in [0.2, 0.25) is 0 Å². The number of nitrogens with zero attached hydrogens (tertiary/aromatic N) is 2. The summed E-state index contributed by atoms with van der Waals surface area (Å²) in [6, 6.07) is 11.3. The molecule has 0 fully saturated rings. The zero-order chi connectivity index (χ0) is 16.7. The van der Waals surface area contributed by atoms with E-state index in [4.69, 9.17) is 0 Å². The van der Waals surface area contributed by atoms with E-state index in [-0.39, 0.29) is 24.0 Å². The van der Waals surface area contributed by atoms with E-state index in [2.05, 4.69) is 16.5 Å². The van der Waals surface area contributed by atoms with E-state index >= 15 is 0 Å². The standard InChI is InChI=1S/C20H18F2N2.ClH/c1-23-10-9-20-18(13-23)17-12-16(22)6-7-19(17)24(20)11-8-14-2-4-15(21)5-3-14;/h2-8,11-12H,9-10,13H2,1H3;1H/b11-8+;. The fourth-order valence-electron chi connectivity index (χ4n) is 3.40. The molecule has 0 aliphatic carbocycles. The minimum Gasteiger partial charge on any atom is -0.320 e. The summed E-state index contributed by atoms with van der Waals surface area (Å²) in [6.07, 6.45) is 4.88. The van der Waals surface area contributed by atoms with Crippen molar-refractivity contribution in [3.63, 3.8) is 0 Å². The largest absolute Gasteiger partial charge is 0.320 e. The second-order valence-electron chi connectivity index (χ2n) is 6.31. The van der Waals surface area contributed by atoms with Crippen molar-refractivity contribution >= 4 is 35.6 Å². The number of rotatable bonds is 2. The average Bonchev–Trinajstić information content (AvgIpc) is 2.87. The van der Waals surface area contributed by atoms with E-state index < -0.39 is 0 Å². The average molecular weight is 361 g/mol. The Morgan fingerprint density at radius 1 is 1.00 bits per heavy atom. The maximum absolute atomic E-state index is 13.7. The minimum absolute atomic E-state index is 0. The normalized spacial score (nSPS) is 14.7. The van der Waals surface area contributed by atoms with Gasteiger partial charge in [-0.15, -0.1) is 12.4 Å². The maximum atomic E-state index is 13.7. The van der Waals surface area contributed by atoms with Crippen molar-refractivity contribution in [2.24, 2.45) is 0 Å². The van der Waals surface area contributed by atoms with Crippen LogP contribution in [0, 0.1) is 11.6 Å². The first kappa shape index (κ1) is 17.6. The van der Waals surface area contributed by atoms with Crippen LogP contribution in [0.4, 0.5) is 8.78 Å². The topological polar surface area (TPSA) is 8.17 Å². The molecule has 0 saturated heterocycles. The third kappa shape index (κ3) is 3.32. The van der Waals surface area contributed by atoms with E-state index in [9.17, 15) is 8.78 Å². The number of likely N-dealkylation sites (N-methyl/N-ethyl adjacent to an activating group) is 1. The van der Waals surface area contributed by atoms with Gasteiger partial charge in [-0.3, -0.25) is 0 Å². The van der Waals surface area contributed by atoms with E-state index in [1.54, 1.807) is 18.2 Å². The van der Waals surface area contributed by atoms with Gasteiger partial charge in [0.25, 0.3) is 0 Å². The van der Waals surface area contributed by atoms with Crippen molar-refractivity contribution in [1.82, 2.24) is 9.47 Å². The smallest absolute Gasteiger partial charge is 0.123 e. The third-order valence-corrected chi connectivity index (χ3v) is 4.63. The van der Waals surface area contributed by atoms with Crippen LogP contribution >= 0.6 is 12.4 Å². The second-order valence-corrected chi connectivity index (χ2v) is 6.31. The summed E-state index contributed by atoms with van der Waals surface area (Å²) in [6.45, 7) is 1.81. The summed E-state index contributed by atoms with van der Waals surface area (Å²) < 4.78 is 28.9. The molecule has 0 bridgehead atoms. The van der Waals surface area contributed by atoms with Gasteiger partial charge in [-0.05, 0) is 54.6 Å². The Morgan fingerprint density at radius 3 is 2.48 bits per heavy atom. The molecule has 0 atom stereocenters. The number of halogens is 3. The third-order valence-electron chi connectivity index (χ3n) is 4.63. The Hall–Kier alpha value is -2.17. The highest BCUT2D eigenvalue weighted by atomic mass is 35.5. The number of hydrogen-bond acceptors (Lipinski definition) is 1. The molecule has 2 nitrogen and oxygen atoms in total. The van der Waals surface area contributed by atoms with Crippen molar-refractivity contribution < 1.29 is 8.78 Å². The predicted molar refractivity (Wildman–Crippen MR) is 101 cm³/mol. The number of hydrogen-bond donors (Lipinski definition) is 0. The lowest BCUT2D eigenvalue weighted by Gasteiger charge is -2.23. The van der Waals surface area contributed by atoms with Gasteiger partial charge in [-0.25, -0.2) is 8.78 Å². The van der Waals surface area contributed by atoms with Crippen LogP contribution in [-0.2, 0) is 13.0 Å². The van der Waals surface area contributed by atoms with Crippen LogP contribution in [0.5, 0.6) is 0 Å². The zero-order valence-electron chi connectivity index (χ0n) is 13.9. The first-order valence-corrected chi connectivity index (χ1v) is 8.05. The van der Waals surface area contributed by atoms with Crippen LogP contribution in [0.1, 0.15) is 16.8 Å². The van der Waals surface area contributed by atoms with Gasteiger partial charge >= 0.3 is 0 Å². The molecule has 1 aliphatic rings. The summed E-state index contributed by atoms with van der Waals surface area (Å²) >= 11 is 0. The van der Waals surface area contributed by atoms with Gasteiger partial charge in [-0.2, -0.15) is 0 Å². The first-order chi connectivity index (χ1) is 11.6. The summed E-state index contributed by atoms with van der Waals surface area (Å²) in [5, 5.41) is 0.973. The molecule has 25 heavy (non-hydrogen) atoms. The molecule has 0 spiro atoms. The fraction of sp³-hybridized carbons (Fsp3) is 0.200. The van der Waals surface area contributed by atoms with Crippen LogP contribution in [0.15, 0.2) is 42.5 Å². The molecule has 1 aliphatic heterocycles. The van der Waals surface area contributed by atoms with E-state index in [1.165, 1.54) is 29.5 Å². The van der Waals surface area contributed by atoms with E-state index in [0.717, 1.165) is 36.0 Å². The molecule has 0 saturated carbocycles. The summed E-state index contributed by atoms with van der Waals surface area (Å²) in [4.78, 5) is 2.25. The summed E-state index contributed by atoms with van der Waals surface area (Å²) in [7, 11) is 2.08. The van der Waals surface area contributed by atoms with Gasteiger partial charge in [0.05, 0.1) is 5.52 Å². The van der Waals surface area contributed by atoms with E-state index in [1.807, 2.05) is 18.3 Å². The van der Waals surface area contributed by atoms with Gasteiger partial charge in [0.1, 0.15) is 11.6 Å². The minimum atomic E-state index is -0.241. The molecule has 0 unspecified atom stereocenters. The van der Waals surface area contributed by atoms with Crippen molar-refractivity contribution in [1.29, 1.82) is 0 Å². The van der Waals surface area contributed by atoms with Crippen LogP contribution in [-0.4, -0.2) is 23.1 Å². The van der Waals surface area contributed by atoms with Gasteiger partial charge in [0.15, 0.2) is 0 Å². The summed E-state index contributed by atoms with van der Waals surface area (Å²) in [5.74, 6) is -0.451. The molecule has 130 valence electrons. The van der Waals surface area contributed by atoms with Crippen LogP contribution < -0.4 is 0 Å². The Labute approximate surface area is 151 Å². The summed E-state index contributed by atoms with van der Waals surface area (Å²) in [5.41, 5.74) is 4.37. The lowest BCUT2D eigenvalue weighted by molar-refractivity contribution is 0.312. The Morgan fingerprint density at radius 2 is 1.72 bits per heavy atom. The van der Waals surface area contributed by atoms with Crippen molar-refractivity contribution in [3.05, 3.63) is 70.9 Å². The molecule has 0 radical (unpaired) electrons. The highest BCUT2D eigenvalue weighted by Gasteiger charge is 2.21. The van der Waals surface area contributed by atoms with E-state index in [0.29, 0.717) is 0 Å². The Kier molecular flexibility index (Phi) is 4.93. The molecule has 1 aromatic heterocycles. The molecule has 5 heteroatoms.